The Morgan fingerprint density at radius 2 is 1.16 bits per heavy atom. The fourth-order valence-corrected chi connectivity index (χ4v) is 2.59. The molecule has 0 saturated heterocycles. The van der Waals surface area contributed by atoms with Gasteiger partial charge in [0.05, 0.1) is 0 Å². The van der Waals surface area contributed by atoms with Gasteiger partial charge in [0.1, 0.15) is 0 Å². The molecule has 0 aromatic rings. The molecule has 1 atom stereocenters. The Balaban J connectivity index is 4.55. The second kappa shape index (κ2) is 9.77. The van der Waals surface area contributed by atoms with Gasteiger partial charge in [-0.25, -0.2) is 0 Å². The number of nitrogens with one attached hydrogen (secondary N) is 1. The molecule has 0 fully saturated rings. The van der Waals surface area contributed by atoms with E-state index in [4.69, 9.17) is 0 Å². The molecule has 2 nitrogen and oxygen atoms in total. The van der Waals surface area contributed by atoms with Gasteiger partial charge in [-0.15, -0.1) is 0 Å². The summed E-state index contributed by atoms with van der Waals surface area (Å²) >= 11 is 0. The Bertz CT molecular complexity index is 199. The van der Waals surface area contributed by atoms with Gasteiger partial charge in [0.2, 0.25) is 0 Å². The molecule has 0 heterocycles. The number of hydrogen-bond donors (Lipinski definition) is 1. The van der Waals surface area contributed by atoms with Crippen LogP contribution >= 0.6 is 0 Å². The summed E-state index contributed by atoms with van der Waals surface area (Å²) in [4.78, 5) is 2.70. The van der Waals surface area contributed by atoms with Crippen molar-refractivity contribution in [2.45, 2.75) is 61.4 Å². The lowest BCUT2D eigenvalue weighted by Gasteiger charge is -2.37. The third kappa shape index (κ3) is 9.45. The van der Waals surface area contributed by atoms with Gasteiger partial charge in [-0.3, -0.25) is 4.90 Å². The Hall–Kier alpha value is -0.0800. The first-order chi connectivity index (χ1) is 8.73. The van der Waals surface area contributed by atoms with Crippen LogP contribution in [0.15, 0.2) is 0 Å². The summed E-state index contributed by atoms with van der Waals surface area (Å²) in [7, 11) is 0. The van der Waals surface area contributed by atoms with E-state index in [9.17, 15) is 0 Å². The minimum atomic E-state index is 0.656. The Kier molecular flexibility index (Phi) is 9.72. The van der Waals surface area contributed by atoms with Crippen LogP contribution in [0.3, 0.4) is 0 Å². The molecule has 1 unspecified atom stereocenters. The van der Waals surface area contributed by atoms with Gasteiger partial charge in [-0.2, -0.15) is 0 Å². The Labute approximate surface area is 122 Å². The molecule has 0 aliphatic heterocycles. The lowest BCUT2D eigenvalue weighted by molar-refractivity contribution is 0.120. The average molecular weight is 271 g/mol. The molecule has 0 bridgehead atoms. The van der Waals surface area contributed by atoms with Crippen molar-refractivity contribution in [2.24, 2.45) is 23.7 Å². The number of nitrogens with zero attached hydrogens (tertiary/aromatic N) is 1. The third-order valence-corrected chi connectivity index (χ3v) is 3.34. The molecule has 19 heavy (non-hydrogen) atoms. The van der Waals surface area contributed by atoms with Gasteiger partial charge < -0.3 is 5.32 Å². The molecule has 0 rings (SSSR count). The fourth-order valence-electron chi connectivity index (χ4n) is 2.59. The van der Waals surface area contributed by atoms with Gasteiger partial charge in [0.15, 0.2) is 0 Å². The topological polar surface area (TPSA) is 15.3 Å². The van der Waals surface area contributed by atoms with E-state index in [-0.39, 0.29) is 0 Å². The maximum Gasteiger partial charge on any atom is 0.0243 e. The maximum absolute atomic E-state index is 3.65. The van der Waals surface area contributed by atoms with Crippen LogP contribution in [0.2, 0.25) is 0 Å². The van der Waals surface area contributed by atoms with Crippen LogP contribution in [-0.4, -0.2) is 37.1 Å². The average Bonchev–Trinajstić information content (AvgIpc) is 2.21. The first-order valence-corrected chi connectivity index (χ1v) is 8.18. The summed E-state index contributed by atoms with van der Waals surface area (Å²) in [5.41, 5.74) is 0. The highest BCUT2D eigenvalue weighted by molar-refractivity contribution is 4.79. The van der Waals surface area contributed by atoms with Crippen molar-refractivity contribution < 1.29 is 0 Å². The van der Waals surface area contributed by atoms with E-state index in [1.807, 2.05) is 0 Å². The molecule has 0 spiro atoms. The van der Waals surface area contributed by atoms with Crippen molar-refractivity contribution >= 4 is 0 Å². The van der Waals surface area contributed by atoms with Crippen molar-refractivity contribution in [3.8, 4) is 0 Å². The highest BCUT2D eigenvalue weighted by atomic mass is 15.2. The van der Waals surface area contributed by atoms with E-state index < -0.39 is 0 Å². The molecule has 116 valence electrons. The van der Waals surface area contributed by atoms with Gasteiger partial charge in [-0.1, -0.05) is 55.4 Å². The van der Waals surface area contributed by atoms with Crippen LogP contribution in [0.4, 0.5) is 0 Å². The number of hydrogen-bond acceptors (Lipinski definition) is 2. The molecule has 0 radical (unpaired) electrons. The molecule has 0 aromatic carbocycles. The van der Waals surface area contributed by atoms with Crippen LogP contribution < -0.4 is 5.32 Å². The molecular formula is C17H38N2. The predicted octanol–water partition coefficient (Wildman–Crippen LogP) is 3.87. The summed E-state index contributed by atoms with van der Waals surface area (Å²) in [5, 5.41) is 3.65. The summed E-state index contributed by atoms with van der Waals surface area (Å²) in [6, 6.07) is 0.656. The van der Waals surface area contributed by atoms with Gasteiger partial charge in [0.25, 0.3) is 0 Å². The summed E-state index contributed by atoms with van der Waals surface area (Å²) in [5.74, 6) is 2.92. The van der Waals surface area contributed by atoms with Crippen LogP contribution in [0, 0.1) is 23.7 Å². The minimum absolute atomic E-state index is 0.656. The van der Waals surface area contributed by atoms with E-state index in [0.717, 1.165) is 30.8 Å². The quantitative estimate of drug-likeness (QED) is 0.648. The normalized spacial score (nSPS) is 14.4. The summed E-state index contributed by atoms with van der Waals surface area (Å²) in [6.07, 6.45) is 0. The molecule has 0 amide bonds. The second-order valence-corrected chi connectivity index (χ2v) is 7.61. The van der Waals surface area contributed by atoms with Crippen LogP contribution in [-0.2, 0) is 0 Å². The van der Waals surface area contributed by atoms with Crippen molar-refractivity contribution in [3.05, 3.63) is 0 Å². The lowest BCUT2D eigenvalue weighted by Crippen LogP contribution is -2.48. The largest absolute Gasteiger partial charge is 0.315 e. The van der Waals surface area contributed by atoms with E-state index >= 15 is 0 Å². The zero-order chi connectivity index (χ0) is 15.0. The van der Waals surface area contributed by atoms with E-state index in [1.165, 1.54) is 13.1 Å². The highest BCUT2D eigenvalue weighted by Crippen LogP contribution is 2.15. The molecule has 0 aliphatic carbocycles. The minimum Gasteiger partial charge on any atom is -0.315 e. The third-order valence-electron chi connectivity index (χ3n) is 3.34. The zero-order valence-corrected chi connectivity index (χ0v) is 14.7. The summed E-state index contributed by atoms with van der Waals surface area (Å²) < 4.78 is 0. The fraction of sp³-hybridized carbons (Fsp3) is 1.00. The van der Waals surface area contributed by atoms with Crippen molar-refractivity contribution in [1.29, 1.82) is 0 Å². The standard InChI is InChI=1S/C17H38N2/c1-13(2)9-18-10-17(16(7)8)19(11-14(3)4)12-15(5)6/h13-18H,9-12H2,1-8H3. The van der Waals surface area contributed by atoms with E-state index in [2.05, 4.69) is 65.6 Å². The van der Waals surface area contributed by atoms with Gasteiger partial charge in [0, 0.05) is 25.7 Å². The zero-order valence-electron chi connectivity index (χ0n) is 14.7. The summed E-state index contributed by atoms with van der Waals surface area (Å²) in [6.45, 7) is 23.2. The van der Waals surface area contributed by atoms with E-state index in [1.54, 1.807) is 0 Å². The molecular weight excluding hydrogens is 232 g/mol. The molecule has 0 aromatic heterocycles. The first-order valence-electron chi connectivity index (χ1n) is 8.18. The monoisotopic (exact) mass is 270 g/mol. The van der Waals surface area contributed by atoms with Crippen molar-refractivity contribution in [2.75, 3.05) is 26.2 Å². The molecule has 0 aliphatic rings. The van der Waals surface area contributed by atoms with Crippen LogP contribution in [0.1, 0.15) is 55.4 Å². The van der Waals surface area contributed by atoms with Crippen LogP contribution in [0.5, 0.6) is 0 Å². The SMILES string of the molecule is CC(C)CNCC(C(C)C)N(CC(C)C)CC(C)C. The second-order valence-electron chi connectivity index (χ2n) is 7.61. The number of rotatable bonds is 10. The molecule has 0 saturated carbocycles. The van der Waals surface area contributed by atoms with Gasteiger partial charge >= 0.3 is 0 Å². The molecule has 1 N–H and O–H groups in total. The predicted molar refractivity (Wildman–Crippen MR) is 87.6 cm³/mol. The Morgan fingerprint density at radius 1 is 0.684 bits per heavy atom. The van der Waals surface area contributed by atoms with Gasteiger partial charge in [-0.05, 0) is 30.2 Å². The van der Waals surface area contributed by atoms with Crippen molar-refractivity contribution in [3.63, 3.8) is 0 Å². The smallest absolute Gasteiger partial charge is 0.0243 e. The Morgan fingerprint density at radius 3 is 1.47 bits per heavy atom. The van der Waals surface area contributed by atoms with E-state index in [0.29, 0.717) is 12.0 Å². The first kappa shape index (κ1) is 18.9. The van der Waals surface area contributed by atoms with Crippen LogP contribution in [0.25, 0.3) is 0 Å². The van der Waals surface area contributed by atoms with Crippen molar-refractivity contribution in [1.82, 2.24) is 10.2 Å². The highest BCUT2D eigenvalue weighted by Gasteiger charge is 2.22. The maximum atomic E-state index is 3.65. The molecule has 2 heteroatoms. The lowest BCUT2D eigenvalue weighted by atomic mass is 9.99.